The van der Waals surface area contributed by atoms with Crippen LogP contribution in [0.15, 0.2) is 29.2 Å². The van der Waals surface area contributed by atoms with E-state index in [9.17, 15) is 9.59 Å². The van der Waals surface area contributed by atoms with Crippen LogP contribution >= 0.6 is 11.8 Å². The summed E-state index contributed by atoms with van der Waals surface area (Å²) in [6.45, 7) is 6.47. The Labute approximate surface area is 191 Å². The van der Waals surface area contributed by atoms with Gasteiger partial charge in [-0.2, -0.15) is 0 Å². The Bertz CT molecular complexity index is 771. The van der Waals surface area contributed by atoms with E-state index >= 15 is 0 Å². The monoisotopic (exact) mass is 442 g/mol. The van der Waals surface area contributed by atoms with Crippen LogP contribution < -0.4 is 10.6 Å². The van der Waals surface area contributed by atoms with Crippen molar-refractivity contribution >= 4 is 23.6 Å². The second-order valence-corrected chi connectivity index (χ2v) is 11.9. The molecule has 4 nitrogen and oxygen atoms in total. The number of nitrogens with one attached hydrogen (secondary N) is 2. The molecule has 4 fully saturated rings. The van der Waals surface area contributed by atoms with E-state index in [2.05, 4.69) is 31.4 Å². The van der Waals surface area contributed by atoms with Gasteiger partial charge in [0.05, 0.1) is 11.3 Å². The highest BCUT2D eigenvalue weighted by atomic mass is 32.2. The Morgan fingerprint density at radius 2 is 1.61 bits per heavy atom. The van der Waals surface area contributed by atoms with Gasteiger partial charge in [-0.05, 0) is 94.1 Å². The van der Waals surface area contributed by atoms with Gasteiger partial charge >= 0.3 is 0 Å². The van der Waals surface area contributed by atoms with Gasteiger partial charge in [0, 0.05) is 16.5 Å². The van der Waals surface area contributed by atoms with Crippen molar-refractivity contribution in [3.05, 3.63) is 29.8 Å². The van der Waals surface area contributed by atoms with Gasteiger partial charge in [0.1, 0.15) is 0 Å². The lowest BCUT2D eigenvalue weighted by molar-refractivity contribution is -0.124. The fourth-order valence-corrected chi connectivity index (χ4v) is 7.33. The van der Waals surface area contributed by atoms with E-state index < -0.39 is 0 Å². The summed E-state index contributed by atoms with van der Waals surface area (Å²) < 4.78 is 0. The topological polar surface area (TPSA) is 58.2 Å². The van der Waals surface area contributed by atoms with Crippen LogP contribution in [-0.4, -0.2) is 29.1 Å². The van der Waals surface area contributed by atoms with E-state index in [0.29, 0.717) is 17.2 Å². The molecule has 170 valence electrons. The molecule has 4 aliphatic rings. The highest BCUT2D eigenvalue weighted by molar-refractivity contribution is 8.00. The minimum absolute atomic E-state index is 0.0409. The average Bonchev–Trinajstić information content (AvgIpc) is 2.69. The first kappa shape index (κ1) is 22.7. The highest BCUT2D eigenvalue weighted by Crippen LogP contribution is 2.55. The third-order valence-electron chi connectivity index (χ3n) is 7.49. The molecule has 1 aromatic rings. The van der Waals surface area contributed by atoms with E-state index in [1.807, 2.05) is 24.3 Å². The van der Waals surface area contributed by atoms with Gasteiger partial charge in [0.2, 0.25) is 5.91 Å². The fraction of sp³-hybridized carbons (Fsp3) is 0.692. The first-order valence-corrected chi connectivity index (χ1v) is 13.1. The van der Waals surface area contributed by atoms with Crippen LogP contribution in [0.3, 0.4) is 0 Å². The Morgan fingerprint density at radius 1 is 1.00 bits per heavy atom. The van der Waals surface area contributed by atoms with Gasteiger partial charge in [-0.15, -0.1) is 11.8 Å². The standard InChI is InChI=1S/C26H38N2O2S/c1-17(2)8-9-18(3)27-25(30)22-6-4-5-7-23(22)31-16-24(29)28-26-13-19-10-20(14-26)12-21(11-19)15-26/h4-7,17-21H,8-16H2,1-3H3,(H,27,30)(H,28,29). The molecule has 0 saturated heterocycles. The summed E-state index contributed by atoms with van der Waals surface area (Å²) in [6, 6.07) is 7.80. The second kappa shape index (κ2) is 9.56. The Morgan fingerprint density at radius 3 is 2.23 bits per heavy atom. The van der Waals surface area contributed by atoms with Crippen molar-refractivity contribution in [2.24, 2.45) is 23.7 Å². The van der Waals surface area contributed by atoms with E-state index in [4.69, 9.17) is 0 Å². The molecule has 0 spiro atoms. The fourth-order valence-electron chi connectivity index (χ4n) is 6.48. The number of carbonyl (C=O) groups is 2. The first-order valence-electron chi connectivity index (χ1n) is 12.2. The van der Waals surface area contributed by atoms with Crippen molar-refractivity contribution in [1.82, 2.24) is 10.6 Å². The molecule has 0 aliphatic heterocycles. The summed E-state index contributed by atoms with van der Waals surface area (Å²) >= 11 is 1.48. The third kappa shape index (κ3) is 5.66. The molecule has 0 heterocycles. The van der Waals surface area contributed by atoms with Gasteiger partial charge in [0.25, 0.3) is 5.91 Å². The Hall–Kier alpha value is -1.49. The largest absolute Gasteiger partial charge is 0.350 e. The van der Waals surface area contributed by atoms with Crippen molar-refractivity contribution in [2.45, 2.75) is 88.6 Å². The van der Waals surface area contributed by atoms with Crippen molar-refractivity contribution in [1.29, 1.82) is 0 Å². The molecule has 2 amide bonds. The third-order valence-corrected chi connectivity index (χ3v) is 8.56. The molecule has 1 aromatic carbocycles. The summed E-state index contributed by atoms with van der Waals surface area (Å²) in [4.78, 5) is 26.6. The van der Waals surface area contributed by atoms with Gasteiger partial charge in [-0.1, -0.05) is 26.0 Å². The molecule has 31 heavy (non-hydrogen) atoms. The van der Waals surface area contributed by atoms with Crippen LogP contribution in [0.1, 0.15) is 82.5 Å². The number of carbonyl (C=O) groups excluding carboxylic acids is 2. The molecule has 5 rings (SSSR count). The number of hydrogen-bond donors (Lipinski definition) is 2. The smallest absolute Gasteiger partial charge is 0.252 e. The number of thioether (sulfide) groups is 1. The minimum Gasteiger partial charge on any atom is -0.350 e. The molecular weight excluding hydrogens is 404 g/mol. The Balaban J connectivity index is 1.32. The number of rotatable bonds is 9. The predicted octanol–water partition coefficient (Wildman–Crippen LogP) is 5.42. The molecule has 5 heteroatoms. The summed E-state index contributed by atoms with van der Waals surface area (Å²) in [7, 11) is 0. The lowest BCUT2D eigenvalue weighted by atomic mass is 9.53. The van der Waals surface area contributed by atoms with Gasteiger partial charge in [0.15, 0.2) is 0 Å². The number of benzene rings is 1. The van der Waals surface area contributed by atoms with E-state index in [1.165, 1.54) is 50.3 Å². The summed E-state index contributed by atoms with van der Waals surface area (Å²) in [6.07, 6.45) is 9.72. The van der Waals surface area contributed by atoms with Crippen LogP contribution in [0.25, 0.3) is 0 Å². The van der Waals surface area contributed by atoms with Crippen LogP contribution in [0.2, 0.25) is 0 Å². The molecule has 4 saturated carbocycles. The Kier molecular flexibility index (Phi) is 7.00. The van der Waals surface area contributed by atoms with E-state index in [1.54, 1.807) is 0 Å². The SMILES string of the molecule is CC(C)CCC(C)NC(=O)c1ccccc1SCC(=O)NC12CC3CC(CC(C3)C1)C2. The summed E-state index contributed by atoms with van der Waals surface area (Å²) in [5, 5.41) is 6.57. The summed E-state index contributed by atoms with van der Waals surface area (Å²) in [5.41, 5.74) is 0.723. The van der Waals surface area contributed by atoms with Gasteiger partial charge in [-0.3, -0.25) is 9.59 Å². The molecule has 1 atom stereocenters. The highest BCUT2D eigenvalue weighted by Gasteiger charge is 2.51. The molecule has 2 N–H and O–H groups in total. The summed E-state index contributed by atoms with van der Waals surface area (Å²) in [5.74, 6) is 3.54. The zero-order valence-electron chi connectivity index (χ0n) is 19.3. The van der Waals surface area contributed by atoms with E-state index in [0.717, 1.165) is 35.5 Å². The first-order chi connectivity index (χ1) is 14.8. The van der Waals surface area contributed by atoms with Gasteiger partial charge < -0.3 is 10.6 Å². The molecule has 4 aliphatic carbocycles. The normalized spacial score (nSPS) is 29.7. The molecule has 0 aromatic heterocycles. The molecule has 0 radical (unpaired) electrons. The lowest BCUT2D eigenvalue weighted by Crippen LogP contribution is -2.60. The van der Waals surface area contributed by atoms with Crippen LogP contribution in [0.5, 0.6) is 0 Å². The minimum atomic E-state index is -0.0409. The van der Waals surface area contributed by atoms with Crippen molar-refractivity contribution in [3.63, 3.8) is 0 Å². The lowest BCUT2D eigenvalue weighted by Gasteiger charge is -2.56. The van der Waals surface area contributed by atoms with Crippen molar-refractivity contribution < 1.29 is 9.59 Å². The zero-order valence-corrected chi connectivity index (χ0v) is 20.1. The molecular formula is C26H38N2O2S. The number of hydrogen-bond acceptors (Lipinski definition) is 3. The van der Waals surface area contributed by atoms with Crippen LogP contribution in [-0.2, 0) is 4.79 Å². The maximum absolute atomic E-state index is 12.9. The zero-order chi connectivity index (χ0) is 22.0. The molecule has 4 bridgehead atoms. The van der Waals surface area contributed by atoms with Crippen molar-refractivity contribution in [3.8, 4) is 0 Å². The maximum atomic E-state index is 12.9. The second-order valence-electron chi connectivity index (χ2n) is 10.9. The van der Waals surface area contributed by atoms with E-state index in [-0.39, 0.29) is 23.4 Å². The van der Waals surface area contributed by atoms with Crippen molar-refractivity contribution in [2.75, 3.05) is 5.75 Å². The molecule has 1 unspecified atom stereocenters. The maximum Gasteiger partial charge on any atom is 0.252 e. The van der Waals surface area contributed by atoms with Gasteiger partial charge in [-0.25, -0.2) is 0 Å². The quantitative estimate of drug-likeness (QED) is 0.502. The van der Waals surface area contributed by atoms with Crippen LogP contribution in [0.4, 0.5) is 0 Å². The average molecular weight is 443 g/mol. The number of amides is 2. The van der Waals surface area contributed by atoms with Crippen LogP contribution in [0, 0.1) is 23.7 Å². The predicted molar refractivity (Wildman–Crippen MR) is 127 cm³/mol.